The molecule has 0 aliphatic carbocycles. The van der Waals surface area contributed by atoms with Crippen LogP contribution in [0.5, 0.6) is 0 Å². The van der Waals surface area contributed by atoms with Crippen molar-refractivity contribution in [2.24, 2.45) is 5.73 Å². The molecule has 1 aromatic carbocycles. The van der Waals surface area contributed by atoms with Crippen LogP contribution in [0, 0.1) is 0 Å². The number of aromatic nitrogens is 2. The zero-order valence-corrected chi connectivity index (χ0v) is 11.6. The lowest BCUT2D eigenvalue weighted by molar-refractivity contribution is 0.508. The predicted molar refractivity (Wildman–Crippen MR) is 73.6 cm³/mol. The highest BCUT2D eigenvalue weighted by Gasteiger charge is 2.21. The van der Waals surface area contributed by atoms with E-state index in [-0.39, 0.29) is 6.54 Å². The molecular weight excluding hydrogens is 264 g/mol. The molecule has 102 valence electrons. The normalized spacial score (nSPS) is 12.0. The minimum atomic E-state index is -3.60. The molecule has 0 saturated heterocycles. The zero-order chi connectivity index (χ0) is 14.0. The van der Waals surface area contributed by atoms with Gasteiger partial charge in [-0.15, -0.1) is 0 Å². The molecule has 0 spiro atoms. The van der Waals surface area contributed by atoms with Crippen molar-refractivity contribution < 1.29 is 8.42 Å². The monoisotopic (exact) mass is 280 g/mol. The highest BCUT2D eigenvalue weighted by atomic mass is 32.2. The van der Waals surface area contributed by atoms with Gasteiger partial charge in [0.15, 0.2) is 0 Å². The average molecular weight is 280 g/mol. The second-order valence-corrected chi connectivity index (χ2v) is 6.22. The summed E-state index contributed by atoms with van der Waals surface area (Å²) in [6.07, 6.45) is 1.49. The maximum absolute atomic E-state index is 12.1. The van der Waals surface area contributed by atoms with Crippen LogP contribution in [0.1, 0.15) is 5.82 Å². The van der Waals surface area contributed by atoms with E-state index in [1.807, 2.05) is 30.3 Å². The maximum atomic E-state index is 12.1. The van der Waals surface area contributed by atoms with Crippen molar-refractivity contribution in [3.8, 4) is 11.3 Å². The van der Waals surface area contributed by atoms with Gasteiger partial charge in [0, 0.05) is 25.9 Å². The number of hydrogen-bond donors (Lipinski definition) is 1. The van der Waals surface area contributed by atoms with Crippen molar-refractivity contribution in [3.63, 3.8) is 0 Å². The Morgan fingerprint density at radius 3 is 2.42 bits per heavy atom. The van der Waals surface area contributed by atoms with Gasteiger partial charge in [-0.2, -0.15) is 12.7 Å². The molecule has 1 aromatic heterocycles. The Labute approximate surface area is 112 Å². The van der Waals surface area contributed by atoms with Crippen LogP contribution >= 0.6 is 0 Å². The van der Waals surface area contributed by atoms with Gasteiger partial charge in [-0.3, -0.25) is 0 Å². The number of hydrogen-bond acceptors (Lipinski definition) is 4. The second kappa shape index (κ2) is 5.12. The molecule has 6 nitrogen and oxygen atoms in total. The van der Waals surface area contributed by atoms with E-state index < -0.39 is 10.2 Å². The molecule has 2 aromatic rings. The van der Waals surface area contributed by atoms with Crippen LogP contribution in [0.15, 0.2) is 36.5 Å². The van der Waals surface area contributed by atoms with Crippen LogP contribution in [0.25, 0.3) is 11.3 Å². The SMILES string of the molecule is CN(C)S(=O)(=O)n1cc(-c2ccccc2)nc1CN. The molecule has 2 N–H and O–H groups in total. The Morgan fingerprint density at radius 1 is 1.26 bits per heavy atom. The van der Waals surface area contributed by atoms with E-state index in [9.17, 15) is 8.42 Å². The fourth-order valence-electron chi connectivity index (χ4n) is 1.66. The van der Waals surface area contributed by atoms with Crippen molar-refractivity contribution in [2.45, 2.75) is 6.54 Å². The van der Waals surface area contributed by atoms with Gasteiger partial charge < -0.3 is 5.73 Å². The molecule has 0 atom stereocenters. The predicted octanol–water partition coefficient (Wildman–Crippen LogP) is 0.663. The van der Waals surface area contributed by atoms with E-state index in [1.54, 1.807) is 0 Å². The highest BCUT2D eigenvalue weighted by Crippen LogP contribution is 2.20. The lowest BCUT2D eigenvalue weighted by Gasteiger charge is -2.13. The fourth-order valence-corrected chi connectivity index (χ4v) is 2.63. The molecule has 19 heavy (non-hydrogen) atoms. The van der Waals surface area contributed by atoms with Gasteiger partial charge >= 0.3 is 10.2 Å². The quantitative estimate of drug-likeness (QED) is 0.892. The van der Waals surface area contributed by atoms with Crippen LogP contribution in [0.3, 0.4) is 0 Å². The first-order chi connectivity index (χ1) is 8.96. The minimum absolute atomic E-state index is 0.0555. The number of nitrogens with zero attached hydrogens (tertiary/aromatic N) is 3. The Hall–Kier alpha value is -1.70. The zero-order valence-electron chi connectivity index (χ0n) is 10.8. The van der Waals surface area contributed by atoms with Gasteiger partial charge in [-0.25, -0.2) is 8.96 Å². The lowest BCUT2D eigenvalue weighted by atomic mass is 10.2. The molecule has 0 radical (unpaired) electrons. The third kappa shape index (κ3) is 2.53. The van der Waals surface area contributed by atoms with E-state index in [0.717, 1.165) is 13.8 Å². The molecule has 2 rings (SSSR count). The smallest absolute Gasteiger partial charge is 0.308 e. The first-order valence-electron chi connectivity index (χ1n) is 5.73. The molecule has 7 heteroatoms. The van der Waals surface area contributed by atoms with Gasteiger partial charge in [-0.05, 0) is 0 Å². The van der Waals surface area contributed by atoms with Gasteiger partial charge in [0.1, 0.15) is 5.82 Å². The summed E-state index contributed by atoms with van der Waals surface area (Å²) in [5, 5.41) is 0. The fraction of sp³-hybridized carbons (Fsp3) is 0.250. The summed E-state index contributed by atoms with van der Waals surface area (Å²) in [6.45, 7) is 0.0555. The lowest BCUT2D eigenvalue weighted by Crippen LogP contribution is -2.30. The minimum Gasteiger partial charge on any atom is -0.324 e. The van der Waals surface area contributed by atoms with E-state index in [4.69, 9.17) is 5.73 Å². The molecule has 0 aliphatic heterocycles. The Kier molecular flexibility index (Phi) is 3.70. The molecule has 0 bridgehead atoms. The number of nitrogens with two attached hydrogens (primary N) is 1. The van der Waals surface area contributed by atoms with E-state index in [2.05, 4.69) is 4.98 Å². The summed E-state index contributed by atoms with van der Waals surface area (Å²) in [7, 11) is -0.659. The van der Waals surface area contributed by atoms with Crippen LogP contribution < -0.4 is 5.73 Å². The molecular formula is C12H16N4O2S. The van der Waals surface area contributed by atoms with Gasteiger partial charge in [0.2, 0.25) is 0 Å². The molecule has 0 amide bonds. The largest absolute Gasteiger partial charge is 0.324 e. The summed E-state index contributed by atoms with van der Waals surface area (Å²) in [6, 6.07) is 9.37. The summed E-state index contributed by atoms with van der Waals surface area (Å²) in [5.74, 6) is 0.313. The summed E-state index contributed by atoms with van der Waals surface area (Å²) in [5.41, 5.74) is 7.01. The van der Waals surface area contributed by atoms with E-state index in [0.29, 0.717) is 11.5 Å². The first kappa shape index (κ1) is 13.7. The standard InChI is InChI=1S/C12H16N4O2S/c1-15(2)19(17,18)16-9-11(14-12(16)8-13)10-6-4-3-5-7-10/h3-7,9H,8,13H2,1-2H3. The summed E-state index contributed by atoms with van der Waals surface area (Å²) in [4.78, 5) is 4.28. The molecule has 0 fully saturated rings. The first-order valence-corrected chi connectivity index (χ1v) is 7.13. The maximum Gasteiger partial charge on any atom is 0.308 e. The summed E-state index contributed by atoms with van der Waals surface area (Å²) < 4.78 is 26.5. The molecule has 0 aliphatic rings. The molecule has 0 saturated carbocycles. The van der Waals surface area contributed by atoms with Crippen molar-refractivity contribution >= 4 is 10.2 Å². The second-order valence-electron chi connectivity index (χ2n) is 4.20. The van der Waals surface area contributed by atoms with Crippen LogP contribution in [-0.2, 0) is 16.8 Å². The summed E-state index contributed by atoms with van der Waals surface area (Å²) >= 11 is 0. The Morgan fingerprint density at radius 2 is 1.89 bits per heavy atom. The van der Waals surface area contributed by atoms with Crippen LogP contribution in [-0.4, -0.2) is 35.8 Å². The van der Waals surface area contributed by atoms with Crippen LogP contribution in [0.2, 0.25) is 0 Å². The van der Waals surface area contributed by atoms with Gasteiger partial charge in [-0.1, -0.05) is 30.3 Å². The average Bonchev–Trinajstić information content (AvgIpc) is 2.84. The van der Waals surface area contributed by atoms with E-state index >= 15 is 0 Å². The van der Waals surface area contributed by atoms with E-state index in [1.165, 1.54) is 20.3 Å². The number of rotatable bonds is 4. The highest BCUT2D eigenvalue weighted by molar-refractivity contribution is 7.87. The van der Waals surface area contributed by atoms with Crippen molar-refractivity contribution in [3.05, 3.63) is 42.4 Å². The Balaban J connectivity index is 2.56. The number of imidazole rings is 1. The van der Waals surface area contributed by atoms with Gasteiger partial charge in [0.05, 0.1) is 12.2 Å². The molecule has 0 unspecified atom stereocenters. The third-order valence-electron chi connectivity index (χ3n) is 2.71. The van der Waals surface area contributed by atoms with Crippen molar-refractivity contribution in [2.75, 3.05) is 14.1 Å². The topological polar surface area (TPSA) is 81.2 Å². The van der Waals surface area contributed by atoms with Crippen molar-refractivity contribution in [1.82, 2.24) is 13.3 Å². The molecule has 1 heterocycles. The third-order valence-corrected chi connectivity index (χ3v) is 4.44. The number of benzene rings is 1. The van der Waals surface area contributed by atoms with Gasteiger partial charge in [0.25, 0.3) is 0 Å². The van der Waals surface area contributed by atoms with Crippen molar-refractivity contribution in [1.29, 1.82) is 0 Å². The Bertz CT molecular complexity index is 662. The van der Waals surface area contributed by atoms with Crippen LogP contribution in [0.4, 0.5) is 0 Å².